The molecule has 0 saturated heterocycles. The van der Waals surface area contributed by atoms with Gasteiger partial charge >= 0.3 is 0 Å². The lowest BCUT2D eigenvalue weighted by Crippen LogP contribution is -1.73. The minimum Gasteiger partial charge on any atom is -0.447 e. The fourth-order valence-electron chi connectivity index (χ4n) is 0.991. The highest BCUT2D eigenvalue weighted by Gasteiger charge is 2.05. The van der Waals surface area contributed by atoms with E-state index in [1.54, 1.807) is 12.1 Å². The number of nitrogens with one attached hydrogen (secondary N) is 1. The second kappa shape index (κ2) is 3.71. The largest absolute Gasteiger partial charge is 0.447 e. The molecule has 2 aromatic heterocycles. The number of carbonyl (C=O) groups is 1. The topological polar surface area (TPSA) is 58.9 Å². The summed E-state index contributed by atoms with van der Waals surface area (Å²) in [6.07, 6.45) is 2.49. The number of aromatic amines is 1. The Balaban J connectivity index is 2.14. The van der Waals surface area contributed by atoms with Gasteiger partial charge in [-0.2, -0.15) is 0 Å². The van der Waals surface area contributed by atoms with E-state index in [2.05, 4.69) is 9.97 Å². The summed E-state index contributed by atoms with van der Waals surface area (Å²) in [5.74, 6) is 0.329. The fraction of sp³-hybridized carbons (Fsp3) is 0.111. The average Bonchev–Trinajstić information content (AvgIpc) is 2.76. The Hall–Kier alpha value is -1.49. The van der Waals surface area contributed by atoms with E-state index >= 15 is 0 Å². The molecule has 2 heterocycles. The molecule has 0 aliphatic heterocycles. The predicted octanol–water partition coefficient (Wildman–Crippen LogP) is 2.27. The van der Waals surface area contributed by atoms with E-state index in [1.165, 1.54) is 11.8 Å². The maximum atomic E-state index is 10.3. The summed E-state index contributed by atoms with van der Waals surface area (Å²) in [7, 11) is 0. The molecule has 14 heavy (non-hydrogen) atoms. The summed E-state index contributed by atoms with van der Waals surface area (Å²) < 4.78 is 5.18. The van der Waals surface area contributed by atoms with Crippen molar-refractivity contribution in [2.75, 3.05) is 0 Å². The average molecular weight is 208 g/mol. The predicted molar refractivity (Wildman–Crippen MR) is 51.5 cm³/mol. The number of imidazole rings is 1. The van der Waals surface area contributed by atoms with Gasteiger partial charge in [0, 0.05) is 6.20 Å². The van der Waals surface area contributed by atoms with E-state index in [1.807, 2.05) is 13.1 Å². The molecule has 0 atom stereocenters. The van der Waals surface area contributed by atoms with Gasteiger partial charge in [-0.05, 0) is 30.8 Å². The molecule has 0 aliphatic rings. The second-order valence-corrected chi connectivity index (χ2v) is 3.72. The monoisotopic (exact) mass is 208 g/mol. The summed E-state index contributed by atoms with van der Waals surface area (Å²) in [5, 5.41) is 1.41. The van der Waals surface area contributed by atoms with Gasteiger partial charge in [-0.25, -0.2) is 4.98 Å². The smallest absolute Gasteiger partial charge is 0.185 e. The summed E-state index contributed by atoms with van der Waals surface area (Å²) in [4.78, 5) is 17.5. The van der Waals surface area contributed by atoms with Crippen LogP contribution in [0.3, 0.4) is 0 Å². The zero-order valence-corrected chi connectivity index (χ0v) is 8.30. The molecule has 1 N–H and O–H groups in total. The minimum atomic E-state index is 0.329. The molecule has 0 fully saturated rings. The van der Waals surface area contributed by atoms with Crippen molar-refractivity contribution in [3.63, 3.8) is 0 Å². The molecule has 2 aromatic rings. The highest BCUT2D eigenvalue weighted by Crippen LogP contribution is 2.26. The molecule has 5 heteroatoms. The lowest BCUT2D eigenvalue weighted by atomic mass is 10.5. The number of carbonyl (C=O) groups excluding carboxylic acids is 1. The van der Waals surface area contributed by atoms with Gasteiger partial charge in [-0.3, -0.25) is 4.79 Å². The van der Waals surface area contributed by atoms with Gasteiger partial charge in [-0.15, -0.1) is 0 Å². The lowest BCUT2D eigenvalue weighted by Gasteiger charge is -1.90. The number of rotatable bonds is 3. The molecule has 0 aromatic carbocycles. The van der Waals surface area contributed by atoms with Gasteiger partial charge in [0.05, 0.1) is 5.69 Å². The standard InChI is InChI=1S/C9H8N2O2S/c1-6-4-10-9(11-6)14-8-3-2-7(5-12)13-8/h2-5H,1H3,(H,10,11). The molecule has 0 amide bonds. The molecule has 0 radical (unpaired) electrons. The van der Waals surface area contributed by atoms with Crippen molar-refractivity contribution in [1.82, 2.24) is 9.97 Å². The molecule has 0 saturated carbocycles. The first-order valence-electron chi connectivity index (χ1n) is 4.03. The van der Waals surface area contributed by atoms with Crippen molar-refractivity contribution >= 4 is 18.0 Å². The van der Waals surface area contributed by atoms with E-state index in [0.29, 0.717) is 17.1 Å². The van der Waals surface area contributed by atoms with Gasteiger partial charge in [0.2, 0.25) is 0 Å². The van der Waals surface area contributed by atoms with Crippen LogP contribution < -0.4 is 0 Å². The Morgan fingerprint density at radius 1 is 1.57 bits per heavy atom. The number of aromatic nitrogens is 2. The molecule has 0 unspecified atom stereocenters. The first-order valence-corrected chi connectivity index (χ1v) is 4.84. The zero-order valence-electron chi connectivity index (χ0n) is 7.48. The van der Waals surface area contributed by atoms with Crippen LogP contribution in [0.5, 0.6) is 0 Å². The van der Waals surface area contributed by atoms with Gasteiger partial charge in [-0.1, -0.05) is 0 Å². The quantitative estimate of drug-likeness (QED) is 0.786. The number of nitrogens with zero attached hydrogens (tertiary/aromatic N) is 1. The van der Waals surface area contributed by atoms with Crippen LogP contribution in [0.25, 0.3) is 0 Å². The second-order valence-electron chi connectivity index (χ2n) is 2.72. The Morgan fingerprint density at radius 3 is 3.00 bits per heavy atom. The number of hydrogen-bond donors (Lipinski definition) is 1. The molecule has 0 aliphatic carbocycles. The molecule has 72 valence electrons. The highest BCUT2D eigenvalue weighted by atomic mass is 32.2. The van der Waals surface area contributed by atoms with E-state index in [0.717, 1.165) is 10.9 Å². The van der Waals surface area contributed by atoms with Crippen molar-refractivity contribution in [2.45, 2.75) is 17.2 Å². The minimum absolute atomic E-state index is 0.329. The molecule has 0 bridgehead atoms. The summed E-state index contributed by atoms with van der Waals surface area (Å²) in [5.41, 5.74) is 0.926. The molecule has 4 nitrogen and oxygen atoms in total. The van der Waals surface area contributed by atoms with E-state index < -0.39 is 0 Å². The first-order chi connectivity index (χ1) is 6.78. The van der Waals surface area contributed by atoms with E-state index in [9.17, 15) is 4.79 Å². The van der Waals surface area contributed by atoms with Crippen molar-refractivity contribution in [1.29, 1.82) is 0 Å². The van der Waals surface area contributed by atoms with Crippen LogP contribution in [0.2, 0.25) is 0 Å². The third-order valence-corrected chi connectivity index (χ3v) is 2.42. The van der Waals surface area contributed by atoms with Crippen LogP contribution in [0, 0.1) is 6.92 Å². The normalized spacial score (nSPS) is 10.4. The summed E-state index contributed by atoms with van der Waals surface area (Å²) in [6, 6.07) is 3.37. The van der Waals surface area contributed by atoms with Gasteiger partial charge in [0.1, 0.15) is 0 Å². The number of aryl methyl sites for hydroxylation is 1. The zero-order chi connectivity index (χ0) is 9.97. The van der Waals surface area contributed by atoms with Crippen LogP contribution in [0.15, 0.2) is 33.0 Å². The van der Waals surface area contributed by atoms with Crippen molar-refractivity contribution in [3.8, 4) is 0 Å². The lowest BCUT2D eigenvalue weighted by molar-refractivity contribution is 0.109. The molecular formula is C9H8N2O2S. The van der Waals surface area contributed by atoms with E-state index in [4.69, 9.17) is 4.42 Å². The first kappa shape index (κ1) is 9.08. The van der Waals surface area contributed by atoms with Gasteiger partial charge in [0.15, 0.2) is 22.3 Å². The van der Waals surface area contributed by atoms with Crippen molar-refractivity contribution in [3.05, 3.63) is 29.8 Å². The van der Waals surface area contributed by atoms with Crippen molar-refractivity contribution in [2.24, 2.45) is 0 Å². The van der Waals surface area contributed by atoms with Crippen LogP contribution in [-0.4, -0.2) is 16.3 Å². The molecule has 0 spiro atoms. The highest BCUT2D eigenvalue weighted by molar-refractivity contribution is 7.99. The van der Waals surface area contributed by atoms with Crippen molar-refractivity contribution < 1.29 is 9.21 Å². The third kappa shape index (κ3) is 1.88. The maximum Gasteiger partial charge on any atom is 0.185 e. The summed E-state index contributed by atoms with van der Waals surface area (Å²) in [6.45, 7) is 1.90. The third-order valence-electron chi connectivity index (χ3n) is 1.60. The molecular weight excluding hydrogens is 200 g/mol. The SMILES string of the molecule is Cc1c[nH]c(Sc2ccc(C=O)o2)n1. The maximum absolute atomic E-state index is 10.3. The van der Waals surface area contributed by atoms with Crippen LogP contribution in [0.4, 0.5) is 0 Å². The van der Waals surface area contributed by atoms with Gasteiger partial charge in [0.25, 0.3) is 0 Å². The van der Waals surface area contributed by atoms with Crippen LogP contribution in [-0.2, 0) is 0 Å². The van der Waals surface area contributed by atoms with Gasteiger partial charge < -0.3 is 9.40 Å². The van der Waals surface area contributed by atoms with Crippen LogP contribution in [0.1, 0.15) is 16.2 Å². The fourth-order valence-corrected chi connectivity index (χ4v) is 1.76. The number of hydrogen-bond acceptors (Lipinski definition) is 4. The summed E-state index contributed by atoms with van der Waals surface area (Å²) >= 11 is 1.35. The molecule has 2 rings (SSSR count). The van der Waals surface area contributed by atoms with Crippen LogP contribution >= 0.6 is 11.8 Å². The number of H-pyrrole nitrogens is 1. The number of aldehydes is 1. The Bertz CT molecular complexity index is 447. The Labute approximate surface area is 84.7 Å². The number of furan rings is 1. The Morgan fingerprint density at radius 2 is 2.43 bits per heavy atom. The van der Waals surface area contributed by atoms with E-state index in [-0.39, 0.29) is 0 Å². The Kier molecular flexibility index (Phi) is 2.41.